The molecule has 0 heterocycles. The van der Waals surface area contributed by atoms with E-state index in [9.17, 15) is 13.2 Å². The van der Waals surface area contributed by atoms with Crippen LogP contribution in [0.5, 0.6) is 5.75 Å². The van der Waals surface area contributed by atoms with Crippen molar-refractivity contribution in [1.82, 2.24) is 0 Å². The molecule has 0 aliphatic rings. The molecule has 1 rings (SSSR count). The lowest BCUT2D eigenvalue weighted by Gasteiger charge is -2.11. The highest BCUT2D eigenvalue weighted by molar-refractivity contribution is 6.32. The summed E-state index contributed by atoms with van der Waals surface area (Å²) in [5, 5.41) is -0.169. The molecule has 0 unspecified atom stereocenters. The molecule has 0 spiro atoms. The van der Waals surface area contributed by atoms with Crippen molar-refractivity contribution >= 4 is 17.3 Å². The summed E-state index contributed by atoms with van der Waals surface area (Å²) in [4.78, 5) is 0. The molecule has 6 heteroatoms. The van der Waals surface area contributed by atoms with E-state index in [1.54, 1.807) is 0 Å². The highest BCUT2D eigenvalue weighted by atomic mass is 35.5. The molecule has 1 aromatic rings. The van der Waals surface area contributed by atoms with Crippen molar-refractivity contribution in [3.63, 3.8) is 0 Å². The zero-order valence-electron chi connectivity index (χ0n) is 6.23. The molecule has 0 aromatic heterocycles. The van der Waals surface area contributed by atoms with Crippen LogP contribution in [-0.4, -0.2) is 6.36 Å². The lowest BCUT2D eigenvalue weighted by atomic mass is 10.3. The lowest BCUT2D eigenvalue weighted by Crippen LogP contribution is -2.18. The van der Waals surface area contributed by atoms with Crippen LogP contribution in [-0.2, 0) is 0 Å². The number of para-hydroxylation sites is 1. The molecule has 0 saturated carbocycles. The Bertz CT molecular complexity index is 293. The van der Waals surface area contributed by atoms with E-state index >= 15 is 0 Å². The van der Waals surface area contributed by atoms with Gasteiger partial charge in [-0.2, -0.15) is 0 Å². The summed E-state index contributed by atoms with van der Waals surface area (Å²) < 4.78 is 38.9. The van der Waals surface area contributed by atoms with Crippen LogP contribution in [0, 0.1) is 0 Å². The fourth-order valence-electron chi connectivity index (χ4n) is 0.749. The standard InChI is InChI=1S/C7H5ClF3NO/c8-4-2-1-3-5(12)6(4)13-7(9,10)11/h1-3H,12H2. The third-order valence-electron chi connectivity index (χ3n) is 1.22. The number of hydrogen-bond donors (Lipinski definition) is 1. The van der Waals surface area contributed by atoms with Crippen molar-refractivity contribution in [2.45, 2.75) is 6.36 Å². The summed E-state index contributed by atoms with van der Waals surface area (Å²) in [6.45, 7) is 0. The maximum atomic E-state index is 11.8. The Morgan fingerprint density at radius 2 is 1.92 bits per heavy atom. The van der Waals surface area contributed by atoms with Gasteiger partial charge >= 0.3 is 6.36 Å². The van der Waals surface area contributed by atoms with Crippen LogP contribution < -0.4 is 10.5 Å². The molecular weight excluding hydrogens is 207 g/mol. The Hall–Kier alpha value is -1.10. The zero-order chi connectivity index (χ0) is 10.1. The average molecular weight is 212 g/mol. The Kier molecular flexibility index (Phi) is 2.56. The normalized spacial score (nSPS) is 11.4. The SMILES string of the molecule is Nc1cccc(Cl)c1OC(F)(F)F. The highest BCUT2D eigenvalue weighted by Crippen LogP contribution is 2.34. The summed E-state index contributed by atoms with van der Waals surface area (Å²) in [5.74, 6) is -0.559. The van der Waals surface area contributed by atoms with Gasteiger partial charge in [0, 0.05) is 0 Å². The largest absolute Gasteiger partial charge is 0.573 e. The van der Waals surface area contributed by atoms with Gasteiger partial charge in [0.15, 0.2) is 5.75 Å². The Labute approximate surface area is 77.0 Å². The van der Waals surface area contributed by atoms with Gasteiger partial charge in [-0.05, 0) is 12.1 Å². The number of rotatable bonds is 1. The predicted molar refractivity (Wildman–Crippen MR) is 42.5 cm³/mol. The molecule has 0 saturated heterocycles. The number of alkyl halides is 3. The Balaban J connectivity index is 3.00. The molecule has 2 nitrogen and oxygen atoms in total. The van der Waals surface area contributed by atoms with Crippen LogP contribution in [0.15, 0.2) is 18.2 Å². The quantitative estimate of drug-likeness (QED) is 0.725. The first-order chi connectivity index (χ1) is 5.90. The summed E-state index contributed by atoms with van der Waals surface area (Å²) in [7, 11) is 0. The first kappa shape index (κ1) is 9.98. The summed E-state index contributed by atoms with van der Waals surface area (Å²) in [6.07, 6.45) is -4.78. The fourth-order valence-corrected chi connectivity index (χ4v) is 0.969. The number of nitrogen functional groups attached to an aromatic ring is 1. The van der Waals surface area contributed by atoms with Gasteiger partial charge in [0.25, 0.3) is 0 Å². The van der Waals surface area contributed by atoms with Crippen molar-refractivity contribution in [3.05, 3.63) is 23.2 Å². The summed E-state index contributed by atoms with van der Waals surface area (Å²) >= 11 is 5.43. The molecule has 0 aliphatic heterocycles. The van der Waals surface area contributed by atoms with Crippen molar-refractivity contribution in [2.24, 2.45) is 0 Å². The number of hydrogen-bond acceptors (Lipinski definition) is 2. The van der Waals surface area contributed by atoms with Crippen LogP contribution in [0.4, 0.5) is 18.9 Å². The number of benzene rings is 1. The third kappa shape index (κ3) is 2.69. The number of nitrogens with two attached hydrogens (primary N) is 1. The van der Waals surface area contributed by atoms with Crippen molar-refractivity contribution in [3.8, 4) is 5.75 Å². The molecule has 0 bridgehead atoms. The fraction of sp³-hybridized carbons (Fsp3) is 0.143. The van der Waals surface area contributed by atoms with E-state index in [0.29, 0.717) is 0 Å². The topological polar surface area (TPSA) is 35.2 Å². The molecule has 2 N–H and O–H groups in total. The van der Waals surface area contributed by atoms with Gasteiger partial charge < -0.3 is 10.5 Å². The van der Waals surface area contributed by atoms with Crippen LogP contribution in [0.25, 0.3) is 0 Å². The minimum Gasteiger partial charge on any atom is -0.402 e. The third-order valence-corrected chi connectivity index (χ3v) is 1.51. The second kappa shape index (κ2) is 3.33. The summed E-state index contributed by atoms with van der Waals surface area (Å²) in [6, 6.07) is 3.97. The molecule has 1 aromatic carbocycles. The number of halogens is 4. The van der Waals surface area contributed by atoms with Crippen molar-refractivity contribution in [2.75, 3.05) is 5.73 Å². The van der Waals surface area contributed by atoms with Crippen LogP contribution in [0.1, 0.15) is 0 Å². The zero-order valence-corrected chi connectivity index (χ0v) is 6.99. The van der Waals surface area contributed by atoms with Crippen molar-refractivity contribution in [1.29, 1.82) is 0 Å². The Morgan fingerprint density at radius 1 is 1.31 bits per heavy atom. The molecular formula is C7H5ClF3NO. The smallest absolute Gasteiger partial charge is 0.402 e. The van der Waals surface area contributed by atoms with E-state index in [1.807, 2.05) is 0 Å². The molecule has 0 radical (unpaired) electrons. The highest BCUT2D eigenvalue weighted by Gasteiger charge is 2.32. The molecule has 13 heavy (non-hydrogen) atoms. The average Bonchev–Trinajstić information content (AvgIpc) is 1.95. The van der Waals surface area contributed by atoms with E-state index in [2.05, 4.69) is 4.74 Å². The second-order valence-electron chi connectivity index (χ2n) is 2.21. The minimum atomic E-state index is -4.78. The molecule has 72 valence electrons. The number of anilines is 1. The maximum absolute atomic E-state index is 11.8. The van der Waals surface area contributed by atoms with Gasteiger partial charge in [-0.1, -0.05) is 17.7 Å². The van der Waals surface area contributed by atoms with Gasteiger partial charge in [-0.3, -0.25) is 0 Å². The van der Waals surface area contributed by atoms with Gasteiger partial charge in [-0.25, -0.2) is 0 Å². The maximum Gasteiger partial charge on any atom is 0.573 e. The van der Waals surface area contributed by atoms with E-state index in [1.165, 1.54) is 18.2 Å². The van der Waals surface area contributed by atoms with Gasteiger partial charge in [0.05, 0.1) is 10.7 Å². The Morgan fingerprint density at radius 3 is 2.38 bits per heavy atom. The monoisotopic (exact) mass is 211 g/mol. The second-order valence-corrected chi connectivity index (χ2v) is 2.61. The van der Waals surface area contributed by atoms with Gasteiger partial charge in [0.1, 0.15) is 0 Å². The van der Waals surface area contributed by atoms with Crippen molar-refractivity contribution < 1.29 is 17.9 Å². The summed E-state index contributed by atoms with van der Waals surface area (Å²) in [5.41, 5.74) is 5.07. The predicted octanol–water partition coefficient (Wildman–Crippen LogP) is 2.82. The van der Waals surface area contributed by atoms with E-state index in [0.717, 1.165) is 0 Å². The van der Waals surface area contributed by atoms with Gasteiger partial charge in [-0.15, -0.1) is 13.2 Å². The lowest BCUT2D eigenvalue weighted by molar-refractivity contribution is -0.274. The van der Waals surface area contributed by atoms with Gasteiger partial charge in [0.2, 0.25) is 0 Å². The van der Waals surface area contributed by atoms with E-state index < -0.39 is 12.1 Å². The van der Waals surface area contributed by atoms with E-state index in [4.69, 9.17) is 17.3 Å². The van der Waals surface area contributed by atoms with Crippen LogP contribution in [0.3, 0.4) is 0 Å². The van der Waals surface area contributed by atoms with E-state index in [-0.39, 0.29) is 10.7 Å². The molecule has 0 fully saturated rings. The van der Waals surface area contributed by atoms with Crippen LogP contribution >= 0.6 is 11.6 Å². The minimum absolute atomic E-state index is 0.148. The molecule has 0 atom stereocenters. The molecule has 0 amide bonds. The number of ether oxygens (including phenoxy) is 1. The first-order valence-electron chi connectivity index (χ1n) is 3.20. The van der Waals surface area contributed by atoms with Crippen LogP contribution in [0.2, 0.25) is 5.02 Å². The first-order valence-corrected chi connectivity index (χ1v) is 3.57. The molecule has 0 aliphatic carbocycles.